The minimum Gasteiger partial charge on any atom is -0.464 e. The lowest BCUT2D eigenvalue weighted by atomic mass is 9.90. The number of β-lactam (4-membered cyclic amide) rings is 1. The van der Waals surface area contributed by atoms with Crippen molar-refractivity contribution in [3.05, 3.63) is 23.9 Å². The molecule has 1 aliphatic rings. The van der Waals surface area contributed by atoms with Gasteiger partial charge in [0, 0.05) is 0 Å². The summed E-state index contributed by atoms with van der Waals surface area (Å²) < 4.78 is 4.69. The molecular weight excluding hydrogens is 248 g/mol. The van der Waals surface area contributed by atoms with E-state index in [1.165, 1.54) is 12.0 Å². The van der Waals surface area contributed by atoms with Crippen molar-refractivity contribution in [2.75, 3.05) is 7.11 Å². The molecule has 0 bridgehead atoms. The predicted octanol–water partition coefficient (Wildman–Crippen LogP) is 0.355. The van der Waals surface area contributed by atoms with Gasteiger partial charge in [0.2, 0.25) is 6.41 Å². The van der Waals surface area contributed by atoms with Gasteiger partial charge >= 0.3 is 5.97 Å². The second-order valence-electron chi connectivity index (χ2n) is 4.40. The lowest BCUT2D eigenvalue weighted by molar-refractivity contribution is -0.154. The zero-order chi connectivity index (χ0) is 14.6. The molecule has 2 unspecified atom stereocenters. The van der Waals surface area contributed by atoms with Gasteiger partial charge in [0.25, 0.3) is 5.91 Å². The van der Waals surface area contributed by atoms with E-state index in [1.54, 1.807) is 19.9 Å². The van der Waals surface area contributed by atoms with Gasteiger partial charge in [-0.25, -0.2) is 4.79 Å². The Balaban J connectivity index is 3.07. The third-order valence-electron chi connectivity index (χ3n) is 2.97. The quantitative estimate of drug-likeness (QED) is 0.247. The molecule has 0 aromatic rings. The van der Waals surface area contributed by atoms with Crippen LogP contribution in [0.25, 0.3) is 0 Å². The summed E-state index contributed by atoms with van der Waals surface area (Å²) in [4.78, 5) is 35.6. The zero-order valence-electron chi connectivity index (χ0n) is 11.3. The van der Waals surface area contributed by atoms with Crippen LogP contribution in [0.15, 0.2) is 23.9 Å². The molecule has 0 saturated carbocycles. The SMILES string of the molecule is C=CCC1C(NC=O)C(=O)N1C(C(=O)OC)=C(C)C. The third kappa shape index (κ3) is 2.67. The van der Waals surface area contributed by atoms with Crippen LogP contribution >= 0.6 is 0 Å². The highest BCUT2D eigenvalue weighted by Crippen LogP contribution is 2.30. The average Bonchev–Trinajstić information content (AvgIpc) is 2.39. The summed E-state index contributed by atoms with van der Waals surface area (Å²) in [6.45, 7) is 7.07. The molecule has 1 saturated heterocycles. The molecule has 6 heteroatoms. The normalized spacial score (nSPS) is 21.2. The highest BCUT2D eigenvalue weighted by Gasteiger charge is 2.49. The van der Waals surface area contributed by atoms with Gasteiger partial charge in [0.15, 0.2) is 0 Å². The lowest BCUT2D eigenvalue weighted by Crippen LogP contribution is -2.69. The van der Waals surface area contributed by atoms with Crippen LogP contribution in [0.4, 0.5) is 0 Å². The van der Waals surface area contributed by atoms with Crippen molar-refractivity contribution in [1.82, 2.24) is 10.2 Å². The Morgan fingerprint density at radius 2 is 2.16 bits per heavy atom. The van der Waals surface area contributed by atoms with E-state index in [0.717, 1.165) is 0 Å². The van der Waals surface area contributed by atoms with E-state index in [0.29, 0.717) is 18.4 Å². The van der Waals surface area contributed by atoms with Gasteiger partial charge in [-0.15, -0.1) is 6.58 Å². The molecule has 2 atom stereocenters. The van der Waals surface area contributed by atoms with Gasteiger partial charge in [-0.3, -0.25) is 14.5 Å². The summed E-state index contributed by atoms with van der Waals surface area (Å²) in [5, 5.41) is 2.45. The molecule has 0 aliphatic carbocycles. The van der Waals surface area contributed by atoms with Crippen LogP contribution in [0.1, 0.15) is 20.3 Å². The number of carbonyl (C=O) groups excluding carboxylic acids is 3. The van der Waals surface area contributed by atoms with Gasteiger partial charge in [0.1, 0.15) is 11.7 Å². The van der Waals surface area contributed by atoms with Crippen molar-refractivity contribution in [1.29, 1.82) is 0 Å². The smallest absolute Gasteiger partial charge is 0.354 e. The molecule has 1 rings (SSSR count). The first-order valence-corrected chi connectivity index (χ1v) is 5.89. The van der Waals surface area contributed by atoms with Crippen molar-refractivity contribution in [3.8, 4) is 0 Å². The second kappa shape index (κ2) is 6.17. The summed E-state index contributed by atoms with van der Waals surface area (Å²) >= 11 is 0. The molecule has 1 fully saturated rings. The van der Waals surface area contributed by atoms with Gasteiger partial charge < -0.3 is 10.1 Å². The molecule has 2 amide bonds. The van der Waals surface area contributed by atoms with E-state index in [9.17, 15) is 14.4 Å². The van der Waals surface area contributed by atoms with Crippen LogP contribution in [0.5, 0.6) is 0 Å². The maximum Gasteiger partial charge on any atom is 0.354 e. The number of esters is 1. The number of likely N-dealkylation sites (tertiary alicyclic amines) is 1. The summed E-state index contributed by atoms with van der Waals surface area (Å²) in [6, 6.07) is -0.922. The van der Waals surface area contributed by atoms with Crippen LogP contribution in [-0.2, 0) is 19.1 Å². The maximum absolute atomic E-state index is 12.0. The molecule has 0 aromatic heterocycles. The molecule has 0 radical (unpaired) electrons. The van der Waals surface area contributed by atoms with E-state index < -0.39 is 12.0 Å². The summed E-state index contributed by atoms with van der Waals surface area (Å²) in [6.07, 6.45) is 2.60. The third-order valence-corrected chi connectivity index (χ3v) is 2.97. The maximum atomic E-state index is 12.0. The predicted molar refractivity (Wildman–Crippen MR) is 68.8 cm³/mol. The van der Waals surface area contributed by atoms with E-state index in [4.69, 9.17) is 4.74 Å². The van der Waals surface area contributed by atoms with Gasteiger partial charge in [-0.2, -0.15) is 0 Å². The fraction of sp³-hybridized carbons (Fsp3) is 0.462. The van der Waals surface area contributed by atoms with Crippen LogP contribution in [0.3, 0.4) is 0 Å². The molecule has 1 aliphatic heterocycles. The first-order chi connectivity index (χ1) is 8.99. The zero-order valence-corrected chi connectivity index (χ0v) is 11.3. The number of nitrogens with zero attached hydrogens (tertiary/aromatic N) is 1. The molecule has 6 nitrogen and oxygen atoms in total. The fourth-order valence-electron chi connectivity index (χ4n) is 2.13. The Hall–Kier alpha value is -2.11. The molecule has 1 heterocycles. The van der Waals surface area contributed by atoms with Crippen molar-refractivity contribution in [3.63, 3.8) is 0 Å². The van der Waals surface area contributed by atoms with Gasteiger partial charge in [-0.05, 0) is 25.8 Å². The number of hydrogen-bond donors (Lipinski definition) is 1. The minimum absolute atomic E-state index is 0.225. The molecule has 19 heavy (non-hydrogen) atoms. The topological polar surface area (TPSA) is 75.7 Å². The fourth-order valence-corrected chi connectivity index (χ4v) is 2.13. The molecular formula is C13H18N2O4. The highest BCUT2D eigenvalue weighted by atomic mass is 16.5. The first-order valence-electron chi connectivity index (χ1n) is 5.89. The monoisotopic (exact) mass is 266 g/mol. The van der Waals surface area contributed by atoms with E-state index in [2.05, 4.69) is 11.9 Å². The van der Waals surface area contributed by atoms with Crippen molar-refractivity contribution in [2.45, 2.75) is 32.4 Å². The number of ether oxygens (including phenoxy) is 1. The summed E-state index contributed by atoms with van der Waals surface area (Å²) in [7, 11) is 1.26. The summed E-state index contributed by atoms with van der Waals surface area (Å²) in [5.41, 5.74) is 0.905. The van der Waals surface area contributed by atoms with Gasteiger partial charge in [0.05, 0.1) is 13.2 Å². The number of methoxy groups -OCH3 is 1. The van der Waals surface area contributed by atoms with Crippen LogP contribution in [-0.4, -0.2) is 42.4 Å². The van der Waals surface area contributed by atoms with Crippen molar-refractivity contribution >= 4 is 18.3 Å². The average molecular weight is 266 g/mol. The number of nitrogens with one attached hydrogen (secondary N) is 1. The minimum atomic E-state index is -0.616. The van der Waals surface area contributed by atoms with Gasteiger partial charge in [-0.1, -0.05) is 6.08 Å². The first kappa shape index (κ1) is 14.9. The number of carbonyl (C=O) groups is 3. The molecule has 0 aromatic carbocycles. The number of rotatable bonds is 6. The van der Waals surface area contributed by atoms with Crippen LogP contribution in [0.2, 0.25) is 0 Å². The number of hydrogen-bond acceptors (Lipinski definition) is 4. The van der Waals surface area contributed by atoms with E-state index in [1.807, 2.05) is 0 Å². The molecule has 104 valence electrons. The lowest BCUT2D eigenvalue weighted by Gasteiger charge is -2.47. The Morgan fingerprint density at radius 1 is 1.53 bits per heavy atom. The largest absolute Gasteiger partial charge is 0.464 e. The molecule has 1 N–H and O–H groups in total. The van der Waals surface area contributed by atoms with Crippen molar-refractivity contribution < 1.29 is 19.1 Å². The Morgan fingerprint density at radius 3 is 2.58 bits per heavy atom. The van der Waals surface area contributed by atoms with Crippen LogP contribution in [0, 0.1) is 0 Å². The standard InChI is InChI=1S/C13H18N2O4/c1-5-6-9-10(14-7-16)12(17)15(9)11(8(2)3)13(18)19-4/h5,7,9-10H,1,6H2,2-4H3,(H,14,16). The summed E-state index contributed by atoms with van der Waals surface area (Å²) in [5.74, 6) is -0.882. The Bertz CT molecular complexity index is 438. The van der Waals surface area contributed by atoms with E-state index >= 15 is 0 Å². The number of allylic oxidation sites excluding steroid dienone is 1. The second-order valence-corrected chi connectivity index (χ2v) is 4.40. The highest BCUT2D eigenvalue weighted by molar-refractivity contribution is 6.00. The molecule has 0 spiro atoms. The number of amides is 2. The Labute approximate surface area is 112 Å². The van der Waals surface area contributed by atoms with Crippen molar-refractivity contribution in [2.24, 2.45) is 0 Å². The van der Waals surface area contributed by atoms with E-state index in [-0.39, 0.29) is 17.6 Å². The Kier molecular flexibility index (Phi) is 4.86. The van der Waals surface area contributed by atoms with Crippen LogP contribution < -0.4 is 5.32 Å².